The van der Waals surface area contributed by atoms with Crippen molar-refractivity contribution in [1.82, 2.24) is 20.4 Å². The van der Waals surface area contributed by atoms with Crippen LogP contribution in [0.25, 0.3) is 0 Å². The second-order valence-corrected chi connectivity index (χ2v) is 7.05. The highest BCUT2D eigenvalue weighted by molar-refractivity contribution is 6.35. The minimum Gasteiger partial charge on any atom is -0.378 e. The molecule has 0 aliphatic carbocycles. The van der Waals surface area contributed by atoms with Gasteiger partial charge in [0, 0.05) is 59.1 Å². The van der Waals surface area contributed by atoms with E-state index in [1.807, 2.05) is 14.1 Å². The number of carbonyl (C=O) groups is 2. The fourth-order valence-corrected chi connectivity index (χ4v) is 3.10. The molecule has 1 aromatic rings. The topological polar surface area (TPSA) is 67.9 Å². The zero-order chi connectivity index (χ0) is 19.8. The molecule has 1 aliphatic rings. The van der Waals surface area contributed by atoms with E-state index < -0.39 is 11.8 Å². The third kappa shape index (κ3) is 6.08. The van der Waals surface area contributed by atoms with Gasteiger partial charge in [-0.15, -0.1) is 6.58 Å². The van der Waals surface area contributed by atoms with Gasteiger partial charge in [-0.05, 0) is 24.7 Å². The van der Waals surface area contributed by atoms with Gasteiger partial charge in [0.05, 0.1) is 6.04 Å². The number of piperazine rings is 1. The molecular weight excluding hydrogens is 342 g/mol. The first-order valence-electron chi connectivity index (χ1n) is 9.29. The van der Waals surface area contributed by atoms with Gasteiger partial charge in [-0.2, -0.15) is 0 Å². The van der Waals surface area contributed by atoms with Crippen LogP contribution in [-0.2, 0) is 9.59 Å². The van der Waals surface area contributed by atoms with Crippen molar-refractivity contribution in [2.24, 2.45) is 0 Å². The molecule has 0 saturated carbocycles. The van der Waals surface area contributed by atoms with E-state index in [9.17, 15) is 9.59 Å². The molecule has 1 aromatic carbocycles. The minimum atomic E-state index is -0.630. The van der Waals surface area contributed by atoms with E-state index in [1.165, 1.54) is 0 Å². The first-order chi connectivity index (χ1) is 12.9. The smallest absolute Gasteiger partial charge is 0.309 e. The summed E-state index contributed by atoms with van der Waals surface area (Å²) >= 11 is 0. The normalized spacial score (nSPS) is 16.4. The first kappa shape index (κ1) is 20.9. The molecule has 0 radical (unpaired) electrons. The molecule has 27 heavy (non-hydrogen) atoms. The number of benzene rings is 1. The third-order valence-electron chi connectivity index (χ3n) is 4.84. The Morgan fingerprint density at radius 3 is 2.26 bits per heavy atom. The summed E-state index contributed by atoms with van der Waals surface area (Å²) in [5, 5.41) is 5.29. The number of nitrogens with zero attached hydrogens (tertiary/aromatic N) is 3. The van der Waals surface area contributed by atoms with Gasteiger partial charge in [0.1, 0.15) is 0 Å². The Kier molecular flexibility index (Phi) is 7.82. The van der Waals surface area contributed by atoms with E-state index in [1.54, 1.807) is 6.08 Å². The summed E-state index contributed by atoms with van der Waals surface area (Å²) in [5.41, 5.74) is 2.26. The van der Waals surface area contributed by atoms with E-state index in [4.69, 9.17) is 0 Å². The number of hydrogen-bond donors (Lipinski definition) is 2. The zero-order valence-corrected chi connectivity index (χ0v) is 16.6. The highest BCUT2D eigenvalue weighted by Crippen LogP contribution is 2.24. The van der Waals surface area contributed by atoms with Crippen LogP contribution in [0, 0.1) is 0 Å². The molecule has 2 amide bonds. The lowest BCUT2D eigenvalue weighted by Gasteiger charge is -2.38. The predicted octanol–water partition coefficient (Wildman–Crippen LogP) is 0.460. The maximum atomic E-state index is 12.1. The van der Waals surface area contributed by atoms with Crippen molar-refractivity contribution in [2.75, 3.05) is 65.3 Å². The van der Waals surface area contributed by atoms with Crippen LogP contribution in [0.1, 0.15) is 11.6 Å². The van der Waals surface area contributed by atoms with Gasteiger partial charge < -0.3 is 20.4 Å². The van der Waals surface area contributed by atoms with Crippen molar-refractivity contribution >= 4 is 17.5 Å². The van der Waals surface area contributed by atoms with Crippen molar-refractivity contribution in [3.8, 4) is 0 Å². The molecule has 148 valence electrons. The monoisotopic (exact) mass is 373 g/mol. The van der Waals surface area contributed by atoms with Gasteiger partial charge in [0.25, 0.3) is 0 Å². The van der Waals surface area contributed by atoms with Crippen LogP contribution in [0.15, 0.2) is 36.9 Å². The van der Waals surface area contributed by atoms with Crippen molar-refractivity contribution in [3.63, 3.8) is 0 Å². The number of rotatable bonds is 7. The Morgan fingerprint density at radius 2 is 1.70 bits per heavy atom. The molecule has 0 spiro atoms. The lowest BCUT2D eigenvalue weighted by atomic mass is 10.0. The summed E-state index contributed by atoms with van der Waals surface area (Å²) < 4.78 is 0. The summed E-state index contributed by atoms with van der Waals surface area (Å²) in [6.07, 6.45) is 1.55. The molecule has 1 atom stereocenters. The highest BCUT2D eigenvalue weighted by Gasteiger charge is 2.25. The van der Waals surface area contributed by atoms with Crippen LogP contribution in [0.2, 0.25) is 0 Å². The summed E-state index contributed by atoms with van der Waals surface area (Å²) in [7, 11) is 6.13. The first-order valence-corrected chi connectivity index (χ1v) is 9.29. The molecule has 2 rings (SSSR count). The molecule has 1 saturated heterocycles. The van der Waals surface area contributed by atoms with Gasteiger partial charge >= 0.3 is 11.8 Å². The Bertz CT molecular complexity index is 636. The summed E-state index contributed by atoms with van der Waals surface area (Å²) in [4.78, 5) is 30.6. The van der Waals surface area contributed by atoms with Gasteiger partial charge in [0.15, 0.2) is 0 Å². The van der Waals surface area contributed by atoms with Crippen LogP contribution >= 0.6 is 0 Å². The van der Waals surface area contributed by atoms with Crippen LogP contribution in [0.3, 0.4) is 0 Å². The van der Waals surface area contributed by atoms with Crippen LogP contribution in [0.4, 0.5) is 5.69 Å². The summed E-state index contributed by atoms with van der Waals surface area (Å²) in [5.74, 6) is -1.24. The van der Waals surface area contributed by atoms with Crippen molar-refractivity contribution in [3.05, 3.63) is 42.5 Å². The lowest BCUT2D eigenvalue weighted by Crippen LogP contribution is -2.49. The Morgan fingerprint density at radius 1 is 1.11 bits per heavy atom. The van der Waals surface area contributed by atoms with E-state index in [-0.39, 0.29) is 12.6 Å². The maximum absolute atomic E-state index is 12.1. The Balaban J connectivity index is 2.08. The quantitative estimate of drug-likeness (QED) is 0.537. The zero-order valence-electron chi connectivity index (χ0n) is 16.6. The average molecular weight is 374 g/mol. The van der Waals surface area contributed by atoms with Crippen molar-refractivity contribution in [2.45, 2.75) is 6.04 Å². The molecule has 0 bridgehead atoms. The second-order valence-electron chi connectivity index (χ2n) is 7.05. The molecular formula is C20H31N5O2. The number of carbonyl (C=O) groups excluding carboxylic acids is 2. The predicted molar refractivity (Wildman–Crippen MR) is 109 cm³/mol. The molecule has 2 N–H and O–H groups in total. The van der Waals surface area contributed by atoms with Crippen molar-refractivity contribution in [1.29, 1.82) is 0 Å². The molecule has 7 heteroatoms. The van der Waals surface area contributed by atoms with E-state index >= 15 is 0 Å². The lowest BCUT2D eigenvalue weighted by molar-refractivity contribution is -0.139. The highest BCUT2D eigenvalue weighted by atomic mass is 16.2. The summed E-state index contributed by atoms with van der Waals surface area (Å²) in [6, 6.07) is 8.39. The van der Waals surface area contributed by atoms with Crippen LogP contribution in [0.5, 0.6) is 0 Å². The second kappa shape index (κ2) is 10.1. The fraction of sp³-hybridized carbons (Fsp3) is 0.500. The minimum absolute atomic E-state index is 0.0334. The molecule has 1 heterocycles. The third-order valence-corrected chi connectivity index (χ3v) is 4.84. The fourth-order valence-electron chi connectivity index (χ4n) is 3.10. The largest absolute Gasteiger partial charge is 0.378 e. The Hall–Kier alpha value is -2.38. The van der Waals surface area contributed by atoms with Crippen LogP contribution < -0.4 is 15.5 Å². The van der Waals surface area contributed by atoms with Crippen molar-refractivity contribution < 1.29 is 9.59 Å². The van der Waals surface area contributed by atoms with E-state index in [0.717, 1.165) is 37.4 Å². The SMILES string of the molecule is C=CCNC(=O)C(=O)NC[C@@H](c1ccc(N(C)C)cc1)N1CCN(C)CC1. The Labute approximate surface area is 162 Å². The van der Waals surface area contributed by atoms with E-state index in [2.05, 4.69) is 63.2 Å². The number of nitrogens with one attached hydrogen (secondary N) is 2. The number of anilines is 1. The van der Waals surface area contributed by atoms with Gasteiger partial charge in [-0.1, -0.05) is 18.2 Å². The molecule has 0 unspecified atom stereocenters. The van der Waals surface area contributed by atoms with Gasteiger partial charge in [-0.3, -0.25) is 14.5 Å². The van der Waals surface area contributed by atoms with Gasteiger partial charge in [0.2, 0.25) is 0 Å². The number of hydrogen-bond acceptors (Lipinski definition) is 5. The van der Waals surface area contributed by atoms with Gasteiger partial charge in [-0.25, -0.2) is 0 Å². The summed E-state index contributed by atoms with van der Waals surface area (Å²) in [6.45, 7) is 8.03. The molecule has 1 fully saturated rings. The molecule has 0 aromatic heterocycles. The van der Waals surface area contributed by atoms with E-state index in [0.29, 0.717) is 6.54 Å². The number of amides is 2. The maximum Gasteiger partial charge on any atom is 0.309 e. The average Bonchev–Trinajstić information content (AvgIpc) is 2.67. The molecule has 7 nitrogen and oxygen atoms in total. The van der Waals surface area contributed by atoms with Crippen LogP contribution in [-0.4, -0.2) is 82.0 Å². The number of likely N-dealkylation sites (N-methyl/N-ethyl adjacent to an activating group) is 1. The standard InChI is InChI=1S/C20H31N5O2/c1-5-10-21-19(26)20(27)22-15-18(25-13-11-24(4)12-14-25)16-6-8-17(9-7-16)23(2)3/h5-9,18H,1,10-15H2,2-4H3,(H,21,26)(H,22,27)/t18-/m0/s1. The molecule has 1 aliphatic heterocycles.